The van der Waals surface area contributed by atoms with E-state index in [4.69, 9.17) is 14.6 Å². The number of carbonyl (C=O) groups is 2. The predicted octanol–water partition coefficient (Wildman–Crippen LogP) is 2.91. The van der Waals surface area contributed by atoms with Crippen LogP contribution in [0.4, 0.5) is 0 Å². The number of ether oxygens (including phenoxy) is 2. The van der Waals surface area contributed by atoms with Crippen molar-refractivity contribution in [2.45, 2.75) is 76.4 Å². The minimum Gasteiger partial charge on any atom is -0.481 e. The number of carboxylic acid groups (broad SMARTS) is 1. The van der Waals surface area contributed by atoms with E-state index >= 15 is 0 Å². The van der Waals surface area contributed by atoms with Crippen LogP contribution in [0.5, 0.6) is 0 Å². The third kappa shape index (κ3) is 6.46. The first kappa shape index (κ1) is 16.3. The molecule has 1 saturated carbocycles. The molecule has 3 atom stereocenters. The van der Waals surface area contributed by atoms with E-state index in [1.807, 2.05) is 0 Å². The van der Waals surface area contributed by atoms with Crippen LogP contribution in [0.1, 0.15) is 64.2 Å². The number of aliphatic carboxylic acids is 1. The summed E-state index contributed by atoms with van der Waals surface area (Å²) in [6.45, 7) is 0.546. The van der Waals surface area contributed by atoms with Crippen molar-refractivity contribution >= 4 is 11.9 Å². The Hall–Kier alpha value is -1.10. The highest BCUT2D eigenvalue weighted by molar-refractivity contribution is 5.69. The molecule has 0 aromatic rings. The molecule has 5 nitrogen and oxygen atoms in total. The number of hydrogen-bond acceptors (Lipinski definition) is 4. The number of rotatable bonds is 10. The minimum atomic E-state index is -0.732. The lowest BCUT2D eigenvalue weighted by molar-refractivity contribution is -0.145. The number of carboxylic acids is 1. The fraction of sp³-hybridized carbons (Fsp3) is 0.875. The molecule has 0 aromatic carbocycles. The quantitative estimate of drug-likeness (QED) is 0.381. The average Bonchev–Trinajstić information content (AvgIpc) is 3.22. The van der Waals surface area contributed by atoms with Crippen molar-refractivity contribution in [1.82, 2.24) is 0 Å². The molecule has 0 amide bonds. The van der Waals surface area contributed by atoms with Gasteiger partial charge in [-0.15, -0.1) is 0 Å². The maximum absolute atomic E-state index is 11.6. The van der Waals surface area contributed by atoms with Crippen LogP contribution in [0.2, 0.25) is 0 Å². The summed E-state index contributed by atoms with van der Waals surface area (Å²) in [4.78, 5) is 22.0. The molecule has 0 spiro atoms. The van der Waals surface area contributed by atoms with Crippen molar-refractivity contribution < 1.29 is 24.2 Å². The highest BCUT2D eigenvalue weighted by Gasteiger charge is 2.43. The molecule has 0 radical (unpaired) electrons. The molecular weight excluding hydrogens is 272 g/mol. The highest BCUT2D eigenvalue weighted by atomic mass is 16.6. The summed E-state index contributed by atoms with van der Waals surface area (Å²) in [5.41, 5.74) is 0. The largest absolute Gasteiger partial charge is 0.481 e. The molecule has 1 aliphatic heterocycles. The van der Waals surface area contributed by atoms with E-state index in [1.165, 1.54) is 0 Å². The Morgan fingerprint density at radius 3 is 2.43 bits per heavy atom. The van der Waals surface area contributed by atoms with Crippen LogP contribution < -0.4 is 0 Å². The zero-order chi connectivity index (χ0) is 15.1. The monoisotopic (exact) mass is 298 g/mol. The molecule has 2 rings (SSSR count). The van der Waals surface area contributed by atoms with Crippen LogP contribution in [0, 0.1) is 5.92 Å². The maximum Gasteiger partial charge on any atom is 0.305 e. The molecule has 0 bridgehead atoms. The van der Waals surface area contributed by atoms with Crippen LogP contribution in [-0.2, 0) is 19.1 Å². The van der Waals surface area contributed by atoms with Gasteiger partial charge in [0.15, 0.2) is 0 Å². The van der Waals surface area contributed by atoms with E-state index in [1.54, 1.807) is 0 Å². The van der Waals surface area contributed by atoms with Crippen molar-refractivity contribution in [3.63, 3.8) is 0 Å². The highest BCUT2D eigenvalue weighted by Crippen LogP contribution is 2.39. The fourth-order valence-electron chi connectivity index (χ4n) is 3.00. The van der Waals surface area contributed by atoms with Gasteiger partial charge >= 0.3 is 11.9 Å². The van der Waals surface area contributed by atoms with Gasteiger partial charge in [-0.3, -0.25) is 9.59 Å². The van der Waals surface area contributed by atoms with Gasteiger partial charge in [0.05, 0.1) is 18.8 Å². The summed E-state index contributed by atoms with van der Waals surface area (Å²) in [5, 5.41) is 8.51. The second kappa shape index (κ2) is 8.37. The molecule has 1 saturated heterocycles. The first-order valence-corrected chi connectivity index (χ1v) is 8.18. The summed E-state index contributed by atoms with van der Waals surface area (Å²) in [6, 6.07) is 0. The lowest BCUT2D eigenvalue weighted by Crippen LogP contribution is -2.20. The Labute approximate surface area is 126 Å². The zero-order valence-corrected chi connectivity index (χ0v) is 12.6. The normalized spacial score (nSPS) is 27.0. The molecule has 2 aliphatic rings. The van der Waals surface area contributed by atoms with E-state index < -0.39 is 5.97 Å². The van der Waals surface area contributed by atoms with E-state index in [2.05, 4.69) is 0 Å². The lowest BCUT2D eigenvalue weighted by Gasteiger charge is -2.18. The van der Waals surface area contributed by atoms with E-state index in [-0.39, 0.29) is 12.4 Å². The summed E-state index contributed by atoms with van der Waals surface area (Å²) < 4.78 is 10.8. The predicted molar refractivity (Wildman–Crippen MR) is 76.9 cm³/mol. The third-order valence-corrected chi connectivity index (χ3v) is 4.36. The van der Waals surface area contributed by atoms with Gasteiger partial charge in [-0.25, -0.2) is 0 Å². The first-order valence-electron chi connectivity index (χ1n) is 8.18. The summed E-state index contributed by atoms with van der Waals surface area (Å²) in [6.07, 6.45) is 9.37. The van der Waals surface area contributed by atoms with Crippen LogP contribution in [0.15, 0.2) is 0 Å². The molecule has 3 unspecified atom stereocenters. The van der Waals surface area contributed by atoms with Gasteiger partial charge in [0.2, 0.25) is 0 Å². The summed E-state index contributed by atoms with van der Waals surface area (Å²) >= 11 is 0. The smallest absolute Gasteiger partial charge is 0.305 e. The molecule has 1 N–H and O–H groups in total. The second-order valence-electron chi connectivity index (χ2n) is 6.24. The van der Waals surface area contributed by atoms with Crippen molar-refractivity contribution in [3.8, 4) is 0 Å². The number of carbonyl (C=O) groups excluding carboxylic acids is 1. The van der Waals surface area contributed by atoms with Crippen molar-refractivity contribution in [2.24, 2.45) is 5.92 Å². The SMILES string of the molecule is O=C(O)CCCCCCCC(=O)OCC1CCC2OC2C1. The van der Waals surface area contributed by atoms with E-state index in [0.29, 0.717) is 31.2 Å². The Kier molecular flexibility index (Phi) is 6.49. The molecule has 120 valence electrons. The van der Waals surface area contributed by atoms with Crippen molar-refractivity contribution in [1.29, 1.82) is 0 Å². The number of hydrogen-bond donors (Lipinski definition) is 1. The van der Waals surface area contributed by atoms with Gasteiger partial charge in [0.1, 0.15) is 0 Å². The molecule has 21 heavy (non-hydrogen) atoms. The fourth-order valence-corrected chi connectivity index (χ4v) is 3.00. The van der Waals surface area contributed by atoms with Crippen LogP contribution in [0.3, 0.4) is 0 Å². The Morgan fingerprint density at radius 1 is 1.00 bits per heavy atom. The molecular formula is C16H26O5. The molecule has 2 fully saturated rings. The van der Waals surface area contributed by atoms with Gasteiger partial charge < -0.3 is 14.6 Å². The Balaban J connectivity index is 1.40. The summed E-state index contributed by atoms with van der Waals surface area (Å²) in [7, 11) is 0. The minimum absolute atomic E-state index is 0.0978. The van der Waals surface area contributed by atoms with Gasteiger partial charge in [-0.05, 0) is 38.0 Å². The van der Waals surface area contributed by atoms with E-state index in [9.17, 15) is 9.59 Å². The van der Waals surface area contributed by atoms with Crippen molar-refractivity contribution in [3.05, 3.63) is 0 Å². The average molecular weight is 298 g/mol. The number of unbranched alkanes of at least 4 members (excludes halogenated alkanes) is 4. The van der Waals surface area contributed by atoms with E-state index in [0.717, 1.165) is 51.4 Å². The molecule has 1 aliphatic carbocycles. The Morgan fingerprint density at radius 2 is 1.71 bits per heavy atom. The second-order valence-corrected chi connectivity index (χ2v) is 6.24. The molecule has 5 heteroatoms. The summed E-state index contributed by atoms with van der Waals surface area (Å²) in [5.74, 6) is -0.350. The number of fused-ring (bicyclic) bond motifs is 1. The van der Waals surface area contributed by atoms with Gasteiger partial charge in [-0.1, -0.05) is 19.3 Å². The van der Waals surface area contributed by atoms with Gasteiger partial charge in [0.25, 0.3) is 0 Å². The van der Waals surface area contributed by atoms with Crippen LogP contribution in [-0.4, -0.2) is 35.9 Å². The van der Waals surface area contributed by atoms with Crippen LogP contribution >= 0.6 is 0 Å². The first-order chi connectivity index (χ1) is 10.1. The van der Waals surface area contributed by atoms with Gasteiger partial charge in [0, 0.05) is 12.8 Å². The molecule has 1 heterocycles. The van der Waals surface area contributed by atoms with Gasteiger partial charge in [-0.2, -0.15) is 0 Å². The maximum atomic E-state index is 11.6. The van der Waals surface area contributed by atoms with Crippen molar-refractivity contribution in [2.75, 3.05) is 6.61 Å². The molecule has 0 aromatic heterocycles. The number of esters is 1. The zero-order valence-electron chi connectivity index (χ0n) is 12.6. The third-order valence-electron chi connectivity index (χ3n) is 4.36. The topological polar surface area (TPSA) is 76.1 Å². The number of epoxide rings is 1. The standard InChI is InChI=1S/C16H26O5/c17-15(18)6-4-2-1-3-5-7-16(19)20-11-12-8-9-13-14(10-12)21-13/h12-14H,1-11H2,(H,17,18). The van der Waals surface area contributed by atoms with Crippen LogP contribution in [0.25, 0.3) is 0 Å². The Bertz CT molecular complexity index is 355. The lowest BCUT2D eigenvalue weighted by atomic mass is 9.90.